The lowest BCUT2D eigenvalue weighted by atomic mass is 10.1. The van der Waals surface area contributed by atoms with Crippen LogP contribution in [0.3, 0.4) is 0 Å². The van der Waals surface area contributed by atoms with Crippen molar-refractivity contribution in [1.82, 2.24) is 10.3 Å². The fourth-order valence-electron chi connectivity index (χ4n) is 1.91. The molecule has 1 N–H and O–H groups in total. The molecule has 0 bridgehead atoms. The molecule has 0 fully saturated rings. The number of nitrogens with zero attached hydrogens (tertiary/aromatic N) is 1. The lowest BCUT2D eigenvalue weighted by molar-refractivity contribution is 0.589. The van der Waals surface area contributed by atoms with Gasteiger partial charge in [0.15, 0.2) is 0 Å². The number of nitrogens with one attached hydrogen (secondary N) is 1. The van der Waals surface area contributed by atoms with E-state index in [0.717, 1.165) is 20.5 Å². The molecule has 106 valence electrons. The number of halogens is 2. The number of hydrogen-bond donors (Lipinski definition) is 1. The first kappa shape index (κ1) is 16.0. The fourth-order valence-corrected chi connectivity index (χ4v) is 3.67. The molecule has 1 aromatic heterocycles. The Morgan fingerprint density at radius 3 is 2.60 bits per heavy atom. The van der Waals surface area contributed by atoms with Crippen LogP contribution in [-0.4, -0.2) is 11.5 Å². The van der Waals surface area contributed by atoms with Crippen LogP contribution in [-0.2, 0) is 0 Å². The van der Waals surface area contributed by atoms with E-state index < -0.39 is 0 Å². The Morgan fingerprint density at radius 2 is 1.95 bits per heavy atom. The summed E-state index contributed by atoms with van der Waals surface area (Å²) >= 11 is 8.65. The molecule has 1 unspecified atom stereocenters. The third-order valence-electron chi connectivity index (χ3n) is 2.87. The van der Waals surface area contributed by atoms with Crippen molar-refractivity contribution in [2.45, 2.75) is 29.8 Å². The van der Waals surface area contributed by atoms with Crippen molar-refractivity contribution in [2.24, 2.45) is 0 Å². The molecule has 0 radical (unpaired) electrons. The molecular formula is C15H16Br2N2S. The smallest absolute Gasteiger partial charge is 0.101 e. The second kappa shape index (κ2) is 7.59. The van der Waals surface area contributed by atoms with E-state index in [1.807, 2.05) is 18.3 Å². The van der Waals surface area contributed by atoms with Crippen molar-refractivity contribution >= 4 is 43.6 Å². The van der Waals surface area contributed by atoms with Crippen molar-refractivity contribution < 1.29 is 0 Å². The summed E-state index contributed by atoms with van der Waals surface area (Å²) in [6.07, 6.45) is 1.83. The highest BCUT2D eigenvalue weighted by molar-refractivity contribution is 9.10. The van der Waals surface area contributed by atoms with Gasteiger partial charge in [-0.2, -0.15) is 0 Å². The Morgan fingerprint density at radius 1 is 1.20 bits per heavy atom. The van der Waals surface area contributed by atoms with Gasteiger partial charge in [-0.1, -0.05) is 40.7 Å². The van der Waals surface area contributed by atoms with Crippen LogP contribution in [0.5, 0.6) is 0 Å². The second-order valence-electron chi connectivity index (χ2n) is 4.38. The standard InChI is InChI=1S/C15H16Br2N2S/c1-3-18-10(2)13-6-4-11(16)8-14(13)20-15-7-5-12(17)9-19-15/h4-10,18H,3H2,1-2H3. The molecule has 0 aliphatic rings. The molecule has 5 heteroatoms. The van der Waals surface area contributed by atoms with Gasteiger partial charge in [0.25, 0.3) is 0 Å². The van der Waals surface area contributed by atoms with E-state index in [9.17, 15) is 0 Å². The largest absolute Gasteiger partial charge is 0.310 e. The highest BCUT2D eigenvalue weighted by atomic mass is 79.9. The summed E-state index contributed by atoms with van der Waals surface area (Å²) in [4.78, 5) is 5.65. The van der Waals surface area contributed by atoms with Crippen molar-refractivity contribution in [3.8, 4) is 0 Å². The Kier molecular flexibility index (Phi) is 6.08. The van der Waals surface area contributed by atoms with Gasteiger partial charge in [0, 0.05) is 26.1 Å². The van der Waals surface area contributed by atoms with Gasteiger partial charge in [0.2, 0.25) is 0 Å². The van der Waals surface area contributed by atoms with Gasteiger partial charge in [-0.25, -0.2) is 4.98 Å². The van der Waals surface area contributed by atoms with Gasteiger partial charge in [0.05, 0.1) is 0 Å². The van der Waals surface area contributed by atoms with Gasteiger partial charge in [-0.3, -0.25) is 0 Å². The van der Waals surface area contributed by atoms with Gasteiger partial charge in [-0.15, -0.1) is 0 Å². The van der Waals surface area contributed by atoms with Crippen LogP contribution in [0, 0.1) is 0 Å². The molecule has 1 heterocycles. The predicted molar refractivity (Wildman–Crippen MR) is 92.3 cm³/mol. The number of hydrogen-bond acceptors (Lipinski definition) is 3. The second-order valence-corrected chi connectivity index (χ2v) is 7.27. The maximum atomic E-state index is 4.43. The lowest BCUT2D eigenvalue weighted by Gasteiger charge is -2.17. The van der Waals surface area contributed by atoms with Crippen molar-refractivity contribution in [2.75, 3.05) is 6.54 Å². The Balaban J connectivity index is 2.29. The molecule has 0 aliphatic carbocycles. The van der Waals surface area contributed by atoms with E-state index >= 15 is 0 Å². The van der Waals surface area contributed by atoms with Crippen LogP contribution in [0.4, 0.5) is 0 Å². The number of benzene rings is 1. The topological polar surface area (TPSA) is 24.9 Å². The molecule has 0 saturated carbocycles. The Labute approximate surface area is 141 Å². The summed E-state index contributed by atoms with van der Waals surface area (Å²) in [6.45, 7) is 5.27. The minimum absolute atomic E-state index is 0.325. The summed E-state index contributed by atoms with van der Waals surface area (Å²) < 4.78 is 2.09. The summed E-state index contributed by atoms with van der Waals surface area (Å²) in [6, 6.07) is 10.8. The molecule has 0 amide bonds. The zero-order valence-electron chi connectivity index (χ0n) is 11.4. The zero-order chi connectivity index (χ0) is 14.5. The number of rotatable bonds is 5. The zero-order valence-corrected chi connectivity index (χ0v) is 15.3. The molecule has 2 aromatic rings. The summed E-state index contributed by atoms with van der Waals surface area (Å²) in [5, 5.41) is 4.46. The van der Waals surface area contributed by atoms with Gasteiger partial charge >= 0.3 is 0 Å². The quantitative estimate of drug-likeness (QED) is 0.704. The van der Waals surface area contributed by atoms with Crippen LogP contribution in [0.25, 0.3) is 0 Å². The predicted octanol–water partition coefficient (Wildman–Crippen LogP) is 5.43. The minimum Gasteiger partial charge on any atom is -0.310 e. The van der Waals surface area contributed by atoms with Crippen molar-refractivity contribution in [1.29, 1.82) is 0 Å². The molecule has 2 nitrogen and oxygen atoms in total. The minimum atomic E-state index is 0.325. The summed E-state index contributed by atoms with van der Waals surface area (Å²) in [7, 11) is 0. The van der Waals surface area contributed by atoms with E-state index in [-0.39, 0.29) is 0 Å². The van der Waals surface area contributed by atoms with Crippen LogP contribution in [0.15, 0.2) is 55.4 Å². The molecule has 1 aromatic carbocycles. The number of aromatic nitrogens is 1. The molecule has 20 heavy (non-hydrogen) atoms. The molecule has 0 aliphatic heterocycles. The first-order valence-corrected chi connectivity index (χ1v) is 8.82. The first-order valence-electron chi connectivity index (χ1n) is 6.42. The highest BCUT2D eigenvalue weighted by Gasteiger charge is 2.12. The average Bonchev–Trinajstić information content (AvgIpc) is 2.42. The third kappa shape index (κ3) is 4.32. The van der Waals surface area contributed by atoms with Crippen LogP contribution in [0.2, 0.25) is 0 Å². The molecular weight excluding hydrogens is 400 g/mol. The number of pyridine rings is 1. The first-order chi connectivity index (χ1) is 9.60. The highest BCUT2D eigenvalue weighted by Crippen LogP contribution is 2.34. The van der Waals surface area contributed by atoms with Crippen LogP contribution in [0.1, 0.15) is 25.5 Å². The monoisotopic (exact) mass is 414 g/mol. The molecule has 0 saturated heterocycles. The Bertz CT molecular complexity index is 573. The van der Waals surface area contributed by atoms with Crippen LogP contribution >= 0.6 is 43.6 Å². The van der Waals surface area contributed by atoms with Gasteiger partial charge in [-0.05, 0) is 59.2 Å². The van der Waals surface area contributed by atoms with E-state index in [2.05, 4.69) is 74.2 Å². The SMILES string of the molecule is CCNC(C)c1ccc(Br)cc1Sc1ccc(Br)cn1. The molecule has 1 atom stereocenters. The van der Waals surface area contributed by atoms with E-state index in [0.29, 0.717) is 6.04 Å². The normalized spacial score (nSPS) is 12.4. The average molecular weight is 416 g/mol. The summed E-state index contributed by atoms with van der Waals surface area (Å²) in [5.41, 5.74) is 1.30. The summed E-state index contributed by atoms with van der Waals surface area (Å²) in [5.74, 6) is 0. The van der Waals surface area contributed by atoms with E-state index in [1.165, 1.54) is 10.5 Å². The molecule has 0 spiro atoms. The van der Waals surface area contributed by atoms with Crippen molar-refractivity contribution in [3.05, 3.63) is 51.0 Å². The van der Waals surface area contributed by atoms with E-state index in [1.54, 1.807) is 11.8 Å². The molecule has 2 rings (SSSR count). The maximum absolute atomic E-state index is 4.43. The Hall–Kier alpha value is -0.360. The van der Waals surface area contributed by atoms with Crippen LogP contribution < -0.4 is 5.32 Å². The lowest BCUT2D eigenvalue weighted by Crippen LogP contribution is -2.18. The maximum Gasteiger partial charge on any atom is 0.101 e. The van der Waals surface area contributed by atoms with Gasteiger partial charge in [0.1, 0.15) is 5.03 Å². The fraction of sp³-hybridized carbons (Fsp3) is 0.267. The van der Waals surface area contributed by atoms with E-state index in [4.69, 9.17) is 0 Å². The van der Waals surface area contributed by atoms with Gasteiger partial charge < -0.3 is 5.32 Å². The third-order valence-corrected chi connectivity index (χ3v) is 4.85. The van der Waals surface area contributed by atoms with Crippen molar-refractivity contribution in [3.63, 3.8) is 0 Å².